The minimum Gasteiger partial charge on any atom is -0.224 e. The molecule has 0 amide bonds. The number of rotatable bonds is 1. The fourth-order valence-corrected chi connectivity index (χ4v) is 2.01. The van der Waals surface area contributed by atoms with Crippen molar-refractivity contribution in [3.63, 3.8) is 0 Å². The molecule has 0 aliphatic rings. The molecule has 0 radical (unpaired) electrons. The van der Waals surface area contributed by atoms with Gasteiger partial charge in [0.05, 0.1) is 0 Å². The molecule has 16 heavy (non-hydrogen) atoms. The first kappa shape index (κ1) is 11.4. The van der Waals surface area contributed by atoms with E-state index >= 15 is 0 Å². The minimum absolute atomic E-state index is 0.417. The zero-order valence-electron chi connectivity index (χ0n) is 9.09. The number of hydrogen-bond acceptors (Lipinski definition) is 1. The molecule has 0 unspecified atom stereocenters. The second-order valence-corrected chi connectivity index (χ2v) is 4.57. The molecular formula is C13H11Cl2N. The van der Waals surface area contributed by atoms with Crippen molar-refractivity contribution >= 4 is 23.2 Å². The van der Waals surface area contributed by atoms with Crippen molar-refractivity contribution in [3.05, 3.63) is 51.8 Å². The van der Waals surface area contributed by atoms with E-state index in [1.54, 1.807) is 0 Å². The molecule has 1 nitrogen and oxygen atoms in total. The number of pyridine rings is 1. The molecule has 0 atom stereocenters. The highest BCUT2D eigenvalue weighted by Crippen LogP contribution is 2.26. The summed E-state index contributed by atoms with van der Waals surface area (Å²) in [6.07, 6.45) is 0. The summed E-state index contributed by atoms with van der Waals surface area (Å²) < 4.78 is 0. The van der Waals surface area contributed by atoms with E-state index in [1.807, 2.05) is 12.1 Å². The number of benzene rings is 1. The van der Waals surface area contributed by atoms with E-state index in [2.05, 4.69) is 37.0 Å². The summed E-state index contributed by atoms with van der Waals surface area (Å²) in [5.41, 5.74) is 4.62. The fourth-order valence-electron chi connectivity index (χ4n) is 1.55. The Bertz CT molecular complexity index is 515. The Labute approximate surface area is 105 Å². The smallest absolute Gasteiger partial charge is 0.131 e. The summed E-state index contributed by atoms with van der Waals surface area (Å²) in [6, 6.07) is 9.91. The summed E-state index contributed by atoms with van der Waals surface area (Å²) in [5, 5.41) is 0.835. The SMILES string of the molecule is Cc1ccc(-c2cc(Cl)nc(Cl)c2)cc1C. The van der Waals surface area contributed by atoms with Crippen LogP contribution in [0.15, 0.2) is 30.3 Å². The van der Waals surface area contributed by atoms with Crippen LogP contribution >= 0.6 is 23.2 Å². The van der Waals surface area contributed by atoms with Crippen molar-refractivity contribution < 1.29 is 0 Å². The average Bonchev–Trinajstić information content (AvgIpc) is 2.20. The Balaban J connectivity index is 2.54. The van der Waals surface area contributed by atoms with Crippen LogP contribution in [0.5, 0.6) is 0 Å². The van der Waals surface area contributed by atoms with Gasteiger partial charge in [0.2, 0.25) is 0 Å². The molecule has 3 heteroatoms. The van der Waals surface area contributed by atoms with Gasteiger partial charge in [0.15, 0.2) is 0 Å². The molecule has 0 bridgehead atoms. The maximum absolute atomic E-state index is 5.88. The highest BCUT2D eigenvalue weighted by atomic mass is 35.5. The van der Waals surface area contributed by atoms with E-state index in [1.165, 1.54) is 11.1 Å². The molecule has 0 aliphatic heterocycles. The maximum Gasteiger partial charge on any atom is 0.131 e. The van der Waals surface area contributed by atoms with Gasteiger partial charge in [0.25, 0.3) is 0 Å². The van der Waals surface area contributed by atoms with Crippen LogP contribution in [-0.4, -0.2) is 4.98 Å². The Kier molecular flexibility index (Phi) is 3.17. The first-order valence-corrected chi connectivity index (χ1v) is 5.72. The largest absolute Gasteiger partial charge is 0.224 e. The second-order valence-electron chi connectivity index (χ2n) is 3.80. The van der Waals surface area contributed by atoms with E-state index < -0.39 is 0 Å². The topological polar surface area (TPSA) is 12.9 Å². The first-order chi connectivity index (χ1) is 7.56. The molecule has 0 N–H and O–H groups in total. The summed E-state index contributed by atoms with van der Waals surface area (Å²) in [7, 11) is 0. The van der Waals surface area contributed by atoms with Gasteiger partial charge in [-0.2, -0.15) is 0 Å². The molecule has 1 aromatic heterocycles. The summed E-state index contributed by atoms with van der Waals surface area (Å²) in [4.78, 5) is 3.93. The molecule has 1 aromatic carbocycles. The monoisotopic (exact) mass is 251 g/mol. The zero-order chi connectivity index (χ0) is 11.7. The maximum atomic E-state index is 5.88. The number of aromatic nitrogens is 1. The number of hydrogen-bond donors (Lipinski definition) is 0. The fraction of sp³-hybridized carbons (Fsp3) is 0.154. The molecule has 82 valence electrons. The van der Waals surface area contributed by atoms with Crippen LogP contribution in [0.1, 0.15) is 11.1 Å². The lowest BCUT2D eigenvalue weighted by Gasteiger charge is -2.06. The van der Waals surface area contributed by atoms with E-state index in [0.717, 1.165) is 11.1 Å². The lowest BCUT2D eigenvalue weighted by molar-refractivity contribution is 1.31. The van der Waals surface area contributed by atoms with Crippen LogP contribution in [-0.2, 0) is 0 Å². The van der Waals surface area contributed by atoms with Gasteiger partial charge >= 0.3 is 0 Å². The quantitative estimate of drug-likeness (QED) is 0.672. The van der Waals surface area contributed by atoms with Crippen molar-refractivity contribution in [3.8, 4) is 11.1 Å². The van der Waals surface area contributed by atoms with Crippen LogP contribution in [0.2, 0.25) is 10.3 Å². The Morgan fingerprint density at radius 1 is 0.812 bits per heavy atom. The normalized spacial score (nSPS) is 10.5. The average molecular weight is 252 g/mol. The van der Waals surface area contributed by atoms with Crippen molar-refractivity contribution in [2.75, 3.05) is 0 Å². The lowest BCUT2D eigenvalue weighted by atomic mass is 10.0. The van der Waals surface area contributed by atoms with Gasteiger partial charge in [0.1, 0.15) is 10.3 Å². The van der Waals surface area contributed by atoms with E-state index in [9.17, 15) is 0 Å². The first-order valence-electron chi connectivity index (χ1n) is 4.97. The van der Waals surface area contributed by atoms with Gasteiger partial charge in [-0.05, 0) is 48.2 Å². The van der Waals surface area contributed by atoms with Gasteiger partial charge in [-0.25, -0.2) is 4.98 Å². The molecule has 2 aromatic rings. The van der Waals surface area contributed by atoms with Crippen molar-refractivity contribution in [1.82, 2.24) is 4.98 Å². The predicted octanol–water partition coefficient (Wildman–Crippen LogP) is 4.67. The van der Waals surface area contributed by atoms with Gasteiger partial charge < -0.3 is 0 Å². The highest BCUT2D eigenvalue weighted by molar-refractivity contribution is 6.32. The Morgan fingerprint density at radius 2 is 1.44 bits per heavy atom. The summed E-state index contributed by atoms with van der Waals surface area (Å²) in [5.74, 6) is 0. The number of nitrogens with zero attached hydrogens (tertiary/aromatic N) is 1. The highest BCUT2D eigenvalue weighted by Gasteiger charge is 2.03. The molecular weight excluding hydrogens is 241 g/mol. The second kappa shape index (κ2) is 4.44. The van der Waals surface area contributed by atoms with E-state index in [4.69, 9.17) is 23.2 Å². The van der Waals surface area contributed by atoms with E-state index in [0.29, 0.717) is 10.3 Å². The Hall–Kier alpha value is -1.05. The van der Waals surface area contributed by atoms with Crippen LogP contribution in [0.4, 0.5) is 0 Å². The van der Waals surface area contributed by atoms with Gasteiger partial charge in [-0.1, -0.05) is 41.4 Å². The minimum atomic E-state index is 0.417. The zero-order valence-corrected chi connectivity index (χ0v) is 10.6. The summed E-state index contributed by atoms with van der Waals surface area (Å²) in [6.45, 7) is 4.18. The summed E-state index contributed by atoms with van der Waals surface area (Å²) >= 11 is 11.8. The third kappa shape index (κ3) is 2.37. The van der Waals surface area contributed by atoms with Gasteiger partial charge in [-0.15, -0.1) is 0 Å². The number of halogens is 2. The lowest BCUT2D eigenvalue weighted by Crippen LogP contribution is -1.85. The van der Waals surface area contributed by atoms with Gasteiger partial charge in [-0.3, -0.25) is 0 Å². The number of aryl methyl sites for hydroxylation is 2. The molecule has 0 spiro atoms. The van der Waals surface area contributed by atoms with Crippen LogP contribution < -0.4 is 0 Å². The van der Waals surface area contributed by atoms with Crippen molar-refractivity contribution in [2.24, 2.45) is 0 Å². The van der Waals surface area contributed by atoms with E-state index in [-0.39, 0.29) is 0 Å². The Morgan fingerprint density at radius 3 is 2.00 bits per heavy atom. The molecule has 0 fully saturated rings. The third-order valence-corrected chi connectivity index (χ3v) is 2.99. The third-order valence-electron chi connectivity index (χ3n) is 2.60. The molecule has 2 rings (SSSR count). The molecule has 0 saturated carbocycles. The van der Waals surface area contributed by atoms with Crippen molar-refractivity contribution in [2.45, 2.75) is 13.8 Å². The molecule has 0 aliphatic carbocycles. The van der Waals surface area contributed by atoms with Crippen LogP contribution in [0, 0.1) is 13.8 Å². The van der Waals surface area contributed by atoms with Crippen LogP contribution in [0.3, 0.4) is 0 Å². The molecule has 0 saturated heterocycles. The van der Waals surface area contributed by atoms with Gasteiger partial charge in [0, 0.05) is 0 Å². The molecule has 1 heterocycles. The standard InChI is InChI=1S/C13H11Cl2N/c1-8-3-4-10(5-9(8)2)11-6-12(14)16-13(15)7-11/h3-7H,1-2H3. The predicted molar refractivity (Wildman–Crippen MR) is 69.2 cm³/mol. The van der Waals surface area contributed by atoms with Crippen molar-refractivity contribution in [1.29, 1.82) is 0 Å². The van der Waals surface area contributed by atoms with Crippen LogP contribution in [0.25, 0.3) is 11.1 Å².